The fourth-order valence-corrected chi connectivity index (χ4v) is 2.56. The average Bonchev–Trinajstić information content (AvgIpc) is 2.36. The van der Waals surface area contributed by atoms with Crippen LogP contribution in [0.15, 0.2) is 23.1 Å². The van der Waals surface area contributed by atoms with Gasteiger partial charge in [-0.3, -0.25) is 4.79 Å². The van der Waals surface area contributed by atoms with Crippen LogP contribution < -0.4 is 10.5 Å². The number of nitrogens with one attached hydrogen (secondary N) is 1. The van der Waals surface area contributed by atoms with E-state index in [1.54, 1.807) is 0 Å². The molecule has 1 aromatic carbocycles. The molecule has 0 aliphatic carbocycles. The van der Waals surface area contributed by atoms with E-state index in [4.69, 9.17) is 10.8 Å². The molecule has 0 atom stereocenters. The van der Waals surface area contributed by atoms with Crippen LogP contribution in [-0.4, -0.2) is 31.9 Å². The van der Waals surface area contributed by atoms with Crippen LogP contribution in [0.2, 0.25) is 0 Å². The van der Waals surface area contributed by atoms with Crippen LogP contribution >= 0.6 is 0 Å². The second-order valence-electron chi connectivity index (χ2n) is 5.02. The number of sulfonamides is 1. The monoisotopic (exact) mass is 318 g/mol. The zero-order valence-corrected chi connectivity index (χ0v) is 12.2. The maximum Gasteiger partial charge on any atom is 0.335 e. The van der Waals surface area contributed by atoms with Crippen molar-refractivity contribution in [2.45, 2.75) is 18.7 Å². The summed E-state index contributed by atoms with van der Waals surface area (Å²) >= 11 is 0. The Labute approximate surface area is 121 Å². The van der Waals surface area contributed by atoms with Gasteiger partial charge in [-0.25, -0.2) is 22.3 Å². The maximum absolute atomic E-state index is 13.7. The zero-order chi connectivity index (χ0) is 16.4. The lowest BCUT2D eigenvalue weighted by Crippen LogP contribution is -2.42. The van der Waals surface area contributed by atoms with Crippen molar-refractivity contribution >= 4 is 21.9 Å². The summed E-state index contributed by atoms with van der Waals surface area (Å²) in [5.74, 6) is -3.29. The SMILES string of the molecule is CC(C)(CNS(=O)(=O)c1ccc(C(=O)O)cc1F)C(N)=O. The largest absolute Gasteiger partial charge is 0.478 e. The Morgan fingerprint density at radius 2 is 1.95 bits per heavy atom. The van der Waals surface area contributed by atoms with Gasteiger partial charge >= 0.3 is 5.97 Å². The van der Waals surface area contributed by atoms with Gasteiger partial charge in [0.25, 0.3) is 0 Å². The number of hydrogen-bond donors (Lipinski definition) is 3. The minimum atomic E-state index is -4.23. The van der Waals surface area contributed by atoms with Crippen molar-refractivity contribution in [3.8, 4) is 0 Å². The predicted molar refractivity (Wildman–Crippen MR) is 71.5 cm³/mol. The van der Waals surface area contributed by atoms with E-state index in [-0.39, 0.29) is 12.1 Å². The summed E-state index contributed by atoms with van der Waals surface area (Å²) in [6.07, 6.45) is 0. The Kier molecular flexibility index (Phi) is 4.69. The Hall–Kier alpha value is -2.00. The number of carbonyl (C=O) groups excluding carboxylic acids is 1. The number of amides is 1. The first-order valence-corrected chi connectivity index (χ1v) is 7.28. The van der Waals surface area contributed by atoms with Crippen molar-refractivity contribution in [1.29, 1.82) is 0 Å². The van der Waals surface area contributed by atoms with Crippen LogP contribution in [-0.2, 0) is 14.8 Å². The number of hydrogen-bond acceptors (Lipinski definition) is 4. The molecule has 0 saturated carbocycles. The molecular formula is C12H15FN2O5S. The van der Waals surface area contributed by atoms with Gasteiger partial charge in [-0.05, 0) is 32.0 Å². The van der Waals surface area contributed by atoms with Gasteiger partial charge in [-0.1, -0.05) is 0 Å². The summed E-state index contributed by atoms with van der Waals surface area (Å²) < 4.78 is 39.7. The van der Waals surface area contributed by atoms with Crippen molar-refractivity contribution in [2.24, 2.45) is 11.1 Å². The second kappa shape index (κ2) is 5.78. The lowest BCUT2D eigenvalue weighted by molar-refractivity contribution is -0.125. The van der Waals surface area contributed by atoms with Gasteiger partial charge in [0.1, 0.15) is 10.7 Å². The van der Waals surface area contributed by atoms with Gasteiger partial charge in [0, 0.05) is 6.54 Å². The number of nitrogens with two attached hydrogens (primary N) is 1. The first-order chi connectivity index (χ1) is 9.47. The first-order valence-electron chi connectivity index (χ1n) is 5.80. The van der Waals surface area contributed by atoms with E-state index in [1.807, 2.05) is 0 Å². The highest BCUT2D eigenvalue weighted by Crippen LogP contribution is 2.18. The summed E-state index contributed by atoms with van der Waals surface area (Å²) in [4.78, 5) is 21.1. The minimum Gasteiger partial charge on any atom is -0.478 e. The number of halogens is 1. The Bertz CT molecular complexity index is 685. The summed E-state index contributed by atoms with van der Waals surface area (Å²) in [5.41, 5.74) is 3.59. The topological polar surface area (TPSA) is 127 Å². The van der Waals surface area contributed by atoms with Crippen molar-refractivity contribution in [3.05, 3.63) is 29.6 Å². The van der Waals surface area contributed by atoms with Crippen molar-refractivity contribution in [1.82, 2.24) is 4.72 Å². The van der Waals surface area contributed by atoms with Crippen LogP contribution in [0.5, 0.6) is 0 Å². The second-order valence-corrected chi connectivity index (χ2v) is 6.76. The highest BCUT2D eigenvalue weighted by Gasteiger charge is 2.28. The number of aromatic carboxylic acids is 1. The number of carboxylic acid groups (broad SMARTS) is 1. The molecule has 0 radical (unpaired) electrons. The van der Waals surface area contributed by atoms with Crippen LogP contribution in [0.25, 0.3) is 0 Å². The highest BCUT2D eigenvalue weighted by atomic mass is 32.2. The third kappa shape index (κ3) is 3.99. The predicted octanol–water partition coefficient (Wildman–Crippen LogP) is 0.314. The number of rotatable bonds is 6. The zero-order valence-electron chi connectivity index (χ0n) is 11.4. The molecule has 21 heavy (non-hydrogen) atoms. The number of carboxylic acids is 1. The molecule has 0 aromatic heterocycles. The molecule has 0 aliphatic rings. The molecular weight excluding hydrogens is 303 g/mol. The molecule has 9 heteroatoms. The molecule has 0 heterocycles. The summed E-state index contributed by atoms with van der Waals surface area (Å²) in [5, 5.41) is 8.69. The van der Waals surface area contributed by atoms with E-state index in [0.29, 0.717) is 6.07 Å². The Morgan fingerprint density at radius 1 is 1.38 bits per heavy atom. The quantitative estimate of drug-likeness (QED) is 0.696. The van der Waals surface area contributed by atoms with Gasteiger partial charge in [-0.15, -0.1) is 0 Å². The van der Waals surface area contributed by atoms with Gasteiger partial charge in [-0.2, -0.15) is 0 Å². The molecule has 1 aromatic rings. The molecule has 4 N–H and O–H groups in total. The fraction of sp³-hybridized carbons (Fsp3) is 0.333. The number of benzene rings is 1. The lowest BCUT2D eigenvalue weighted by atomic mass is 9.93. The normalized spacial score (nSPS) is 12.1. The van der Waals surface area contributed by atoms with E-state index >= 15 is 0 Å². The van der Waals surface area contributed by atoms with Crippen molar-refractivity contribution < 1.29 is 27.5 Å². The Balaban J connectivity index is 3.04. The molecule has 1 rings (SSSR count). The molecule has 0 aliphatic heterocycles. The Morgan fingerprint density at radius 3 is 2.38 bits per heavy atom. The third-order valence-corrected chi connectivity index (χ3v) is 4.27. The lowest BCUT2D eigenvalue weighted by Gasteiger charge is -2.20. The van der Waals surface area contributed by atoms with Crippen LogP contribution in [0, 0.1) is 11.2 Å². The molecule has 0 fully saturated rings. The van der Waals surface area contributed by atoms with Crippen molar-refractivity contribution in [3.63, 3.8) is 0 Å². The third-order valence-electron chi connectivity index (χ3n) is 2.84. The number of carbonyl (C=O) groups is 2. The van der Waals surface area contributed by atoms with Gasteiger partial charge in [0.05, 0.1) is 11.0 Å². The molecule has 1 amide bonds. The summed E-state index contributed by atoms with van der Waals surface area (Å²) in [6.45, 7) is 2.55. The molecule has 7 nitrogen and oxygen atoms in total. The summed E-state index contributed by atoms with van der Waals surface area (Å²) in [7, 11) is -4.23. The number of primary amides is 1. The molecule has 0 spiro atoms. The smallest absolute Gasteiger partial charge is 0.335 e. The maximum atomic E-state index is 13.7. The van der Waals surface area contributed by atoms with E-state index < -0.39 is 38.0 Å². The molecule has 0 unspecified atom stereocenters. The van der Waals surface area contributed by atoms with Crippen molar-refractivity contribution in [2.75, 3.05) is 6.54 Å². The van der Waals surface area contributed by atoms with Crippen LogP contribution in [0.4, 0.5) is 4.39 Å². The average molecular weight is 318 g/mol. The van der Waals surface area contributed by atoms with Gasteiger partial charge in [0.15, 0.2) is 0 Å². The van der Waals surface area contributed by atoms with Crippen LogP contribution in [0.3, 0.4) is 0 Å². The van der Waals surface area contributed by atoms with E-state index in [9.17, 15) is 22.4 Å². The van der Waals surface area contributed by atoms with E-state index in [2.05, 4.69) is 4.72 Å². The standard InChI is InChI=1S/C12H15FN2O5S/c1-12(2,11(14)18)6-15-21(19,20)9-4-3-7(10(16)17)5-8(9)13/h3-5,15H,6H2,1-2H3,(H2,14,18)(H,16,17). The molecule has 0 saturated heterocycles. The van der Waals surface area contributed by atoms with Gasteiger partial charge in [0.2, 0.25) is 15.9 Å². The molecule has 0 bridgehead atoms. The first kappa shape index (κ1) is 17.1. The van der Waals surface area contributed by atoms with Crippen LogP contribution in [0.1, 0.15) is 24.2 Å². The molecule has 116 valence electrons. The van der Waals surface area contributed by atoms with Gasteiger partial charge < -0.3 is 10.8 Å². The van der Waals surface area contributed by atoms with E-state index in [1.165, 1.54) is 13.8 Å². The minimum absolute atomic E-state index is 0.315. The fourth-order valence-electron chi connectivity index (χ4n) is 1.29. The summed E-state index contributed by atoms with van der Waals surface area (Å²) in [6, 6.07) is 2.42. The van der Waals surface area contributed by atoms with E-state index in [0.717, 1.165) is 12.1 Å². The highest BCUT2D eigenvalue weighted by molar-refractivity contribution is 7.89.